The Morgan fingerprint density at radius 1 is 1.27 bits per heavy atom. The number of benzene rings is 1. The Morgan fingerprint density at radius 2 is 1.92 bits per heavy atom. The number of hydrogen-bond acceptors (Lipinski definition) is 6. The summed E-state index contributed by atoms with van der Waals surface area (Å²) >= 11 is 6.32. The van der Waals surface area contributed by atoms with E-state index in [9.17, 15) is 14.7 Å². The molecule has 0 radical (unpaired) electrons. The number of rotatable bonds is 8. The number of nitrogens with zero attached hydrogens (tertiary/aromatic N) is 1. The normalized spacial score (nSPS) is 16.9. The zero-order valence-corrected chi connectivity index (χ0v) is 16.5. The Balaban J connectivity index is 2.32. The number of thiocarbonyl (C=S) groups is 1. The SMILES string of the molecule is CCOc1ccc(C=C2SC(=S)N(C(CC)C(=O)O)C2=O)cc1OCC. The Kier molecular flexibility index (Phi) is 7.05. The van der Waals surface area contributed by atoms with Crippen LogP contribution in [0.25, 0.3) is 6.08 Å². The van der Waals surface area contributed by atoms with Crippen LogP contribution in [0.3, 0.4) is 0 Å². The Hall–Kier alpha value is -2.06. The van der Waals surface area contributed by atoms with Crippen molar-refractivity contribution in [2.45, 2.75) is 33.2 Å². The molecule has 140 valence electrons. The number of ether oxygens (including phenoxy) is 2. The summed E-state index contributed by atoms with van der Waals surface area (Å²) in [6.07, 6.45) is 1.97. The molecule has 1 unspecified atom stereocenters. The van der Waals surface area contributed by atoms with Crippen LogP contribution in [0.5, 0.6) is 11.5 Å². The zero-order valence-electron chi connectivity index (χ0n) is 14.9. The van der Waals surface area contributed by atoms with Crippen LogP contribution in [0.4, 0.5) is 0 Å². The molecule has 0 spiro atoms. The number of thioether (sulfide) groups is 1. The molecule has 1 N–H and O–H groups in total. The van der Waals surface area contributed by atoms with Crippen molar-refractivity contribution in [3.05, 3.63) is 28.7 Å². The second-order valence-electron chi connectivity index (χ2n) is 5.39. The van der Waals surface area contributed by atoms with Gasteiger partial charge in [0.1, 0.15) is 10.4 Å². The number of carbonyl (C=O) groups excluding carboxylic acids is 1. The fraction of sp³-hybridized carbons (Fsp3) is 0.389. The molecule has 0 aromatic heterocycles. The maximum absolute atomic E-state index is 12.6. The lowest BCUT2D eigenvalue weighted by atomic mass is 10.1. The van der Waals surface area contributed by atoms with E-state index in [2.05, 4.69) is 0 Å². The first-order valence-corrected chi connectivity index (χ1v) is 9.54. The average molecular weight is 396 g/mol. The molecular weight excluding hydrogens is 374 g/mol. The van der Waals surface area contributed by atoms with Crippen LogP contribution in [0.1, 0.15) is 32.8 Å². The quantitative estimate of drug-likeness (QED) is 0.533. The second-order valence-corrected chi connectivity index (χ2v) is 7.06. The minimum atomic E-state index is -1.07. The third-order valence-electron chi connectivity index (χ3n) is 3.67. The van der Waals surface area contributed by atoms with Crippen molar-refractivity contribution in [2.24, 2.45) is 0 Å². The molecule has 8 heteroatoms. The van der Waals surface area contributed by atoms with Gasteiger partial charge in [-0.1, -0.05) is 37.0 Å². The van der Waals surface area contributed by atoms with Gasteiger partial charge in [-0.2, -0.15) is 0 Å². The van der Waals surface area contributed by atoms with Crippen molar-refractivity contribution in [2.75, 3.05) is 13.2 Å². The molecule has 2 rings (SSSR count). The molecule has 1 amide bonds. The molecular formula is C18H21NO5S2. The van der Waals surface area contributed by atoms with Gasteiger partial charge in [0.25, 0.3) is 5.91 Å². The maximum atomic E-state index is 12.6. The Morgan fingerprint density at radius 3 is 2.50 bits per heavy atom. The fourth-order valence-electron chi connectivity index (χ4n) is 2.52. The maximum Gasteiger partial charge on any atom is 0.326 e. The summed E-state index contributed by atoms with van der Waals surface area (Å²) in [4.78, 5) is 25.6. The molecule has 26 heavy (non-hydrogen) atoms. The van der Waals surface area contributed by atoms with E-state index < -0.39 is 12.0 Å². The molecule has 1 heterocycles. The third kappa shape index (κ3) is 4.37. The summed E-state index contributed by atoms with van der Waals surface area (Å²) in [6.45, 7) is 6.49. The topological polar surface area (TPSA) is 76.1 Å². The van der Waals surface area contributed by atoms with Crippen LogP contribution in [0.15, 0.2) is 23.1 Å². The third-order valence-corrected chi connectivity index (χ3v) is 5.00. The summed E-state index contributed by atoms with van der Waals surface area (Å²) in [7, 11) is 0. The Labute approximate surface area is 162 Å². The smallest absolute Gasteiger partial charge is 0.326 e. The van der Waals surface area contributed by atoms with Crippen molar-refractivity contribution >= 4 is 46.3 Å². The highest BCUT2D eigenvalue weighted by Crippen LogP contribution is 2.36. The van der Waals surface area contributed by atoms with Gasteiger partial charge in [0.15, 0.2) is 11.5 Å². The van der Waals surface area contributed by atoms with Crippen LogP contribution in [0.2, 0.25) is 0 Å². The molecule has 1 fully saturated rings. The molecule has 1 aromatic rings. The van der Waals surface area contributed by atoms with Gasteiger partial charge in [0, 0.05) is 0 Å². The lowest BCUT2D eigenvalue weighted by molar-refractivity contribution is -0.145. The van der Waals surface area contributed by atoms with E-state index in [0.29, 0.717) is 29.6 Å². The van der Waals surface area contributed by atoms with Gasteiger partial charge in [-0.25, -0.2) is 4.79 Å². The lowest BCUT2D eigenvalue weighted by Gasteiger charge is -2.21. The molecule has 1 aliphatic heterocycles. The van der Waals surface area contributed by atoms with E-state index in [1.165, 1.54) is 4.90 Å². The van der Waals surface area contributed by atoms with E-state index in [1.807, 2.05) is 19.9 Å². The minimum Gasteiger partial charge on any atom is -0.490 e. The van der Waals surface area contributed by atoms with E-state index in [1.54, 1.807) is 25.1 Å². The highest BCUT2D eigenvalue weighted by Gasteiger charge is 2.39. The largest absolute Gasteiger partial charge is 0.490 e. The molecule has 0 saturated carbocycles. The molecule has 0 bridgehead atoms. The van der Waals surface area contributed by atoms with Gasteiger partial charge in [-0.3, -0.25) is 9.69 Å². The molecule has 6 nitrogen and oxygen atoms in total. The highest BCUT2D eigenvalue weighted by atomic mass is 32.2. The standard InChI is InChI=1S/C18H21NO5S2/c1-4-12(17(21)22)19-16(20)15(26-18(19)25)10-11-7-8-13(23-5-2)14(9-11)24-6-3/h7-10,12H,4-6H2,1-3H3,(H,21,22). The molecule has 1 aliphatic rings. The molecule has 1 atom stereocenters. The lowest BCUT2D eigenvalue weighted by Crippen LogP contribution is -2.43. The fourth-order valence-corrected chi connectivity index (χ4v) is 3.88. The van der Waals surface area contributed by atoms with E-state index in [0.717, 1.165) is 17.3 Å². The van der Waals surface area contributed by atoms with Crippen LogP contribution >= 0.6 is 24.0 Å². The van der Waals surface area contributed by atoms with Gasteiger partial charge in [-0.15, -0.1) is 0 Å². The predicted molar refractivity (Wildman–Crippen MR) is 106 cm³/mol. The average Bonchev–Trinajstić information content (AvgIpc) is 2.86. The van der Waals surface area contributed by atoms with E-state index in [4.69, 9.17) is 21.7 Å². The van der Waals surface area contributed by atoms with Gasteiger partial charge >= 0.3 is 5.97 Å². The van der Waals surface area contributed by atoms with Gasteiger partial charge in [-0.05, 0) is 44.0 Å². The summed E-state index contributed by atoms with van der Waals surface area (Å²) in [5, 5.41) is 9.31. The Bertz CT molecular complexity index is 747. The van der Waals surface area contributed by atoms with Gasteiger partial charge in [0.05, 0.1) is 18.1 Å². The second kappa shape index (κ2) is 9.05. The summed E-state index contributed by atoms with van der Waals surface area (Å²) in [6, 6.07) is 4.43. The molecule has 1 aromatic carbocycles. The van der Waals surface area contributed by atoms with E-state index >= 15 is 0 Å². The minimum absolute atomic E-state index is 0.256. The zero-order chi connectivity index (χ0) is 19.3. The van der Waals surface area contributed by atoms with E-state index in [-0.39, 0.29) is 16.6 Å². The van der Waals surface area contributed by atoms with Crippen LogP contribution in [-0.2, 0) is 9.59 Å². The van der Waals surface area contributed by atoms with Crippen molar-refractivity contribution in [1.29, 1.82) is 0 Å². The number of aliphatic carboxylic acids is 1. The summed E-state index contributed by atoms with van der Waals surface area (Å²) in [5.41, 5.74) is 0.751. The first kappa shape index (κ1) is 20.3. The first-order valence-electron chi connectivity index (χ1n) is 8.32. The van der Waals surface area contributed by atoms with Gasteiger partial charge in [0.2, 0.25) is 0 Å². The highest BCUT2D eigenvalue weighted by molar-refractivity contribution is 8.26. The summed E-state index contributed by atoms with van der Waals surface area (Å²) < 4.78 is 11.4. The number of amides is 1. The molecule has 1 saturated heterocycles. The van der Waals surface area contributed by atoms with Crippen LogP contribution in [-0.4, -0.2) is 45.5 Å². The number of carbonyl (C=O) groups is 2. The van der Waals surface area contributed by atoms with Crippen LogP contribution in [0, 0.1) is 0 Å². The van der Waals surface area contributed by atoms with Crippen molar-refractivity contribution < 1.29 is 24.2 Å². The number of carboxylic acid groups (broad SMARTS) is 1. The number of carboxylic acids is 1. The van der Waals surface area contributed by atoms with Crippen molar-refractivity contribution in [1.82, 2.24) is 4.90 Å². The summed E-state index contributed by atoms with van der Waals surface area (Å²) in [5.74, 6) is -0.225. The van der Waals surface area contributed by atoms with Crippen LogP contribution < -0.4 is 9.47 Å². The first-order chi connectivity index (χ1) is 12.4. The van der Waals surface area contributed by atoms with Gasteiger partial charge < -0.3 is 14.6 Å². The predicted octanol–water partition coefficient (Wildman–Crippen LogP) is 3.55. The number of hydrogen-bond donors (Lipinski definition) is 1. The van der Waals surface area contributed by atoms with Crippen molar-refractivity contribution in [3.63, 3.8) is 0 Å². The monoisotopic (exact) mass is 395 g/mol. The van der Waals surface area contributed by atoms with Crippen molar-refractivity contribution in [3.8, 4) is 11.5 Å². The molecule has 0 aliphatic carbocycles.